The van der Waals surface area contributed by atoms with E-state index in [1.807, 2.05) is 48.8 Å². The molecule has 3 heterocycles. The topological polar surface area (TPSA) is 116 Å². The Morgan fingerprint density at radius 2 is 1.63 bits per heavy atom. The van der Waals surface area contributed by atoms with E-state index >= 15 is 0 Å². The van der Waals surface area contributed by atoms with Crippen LogP contribution >= 0.6 is 11.3 Å². The van der Waals surface area contributed by atoms with Crippen molar-refractivity contribution in [3.05, 3.63) is 75.7 Å². The van der Waals surface area contributed by atoms with Gasteiger partial charge in [0.25, 0.3) is 5.91 Å². The molecule has 0 spiro atoms. The van der Waals surface area contributed by atoms with Crippen LogP contribution in [0.5, 0.6) is 0 Å². The van der Waals surface area contributed by atoms with Gasteiger partial charge in [0, 0.05) is 53.8 Å². The molecule has 2 amide bonds. The number of aliphatic hydroxyl groups is 2. The SMILES string of the molecule is CCC1CCC(C2CC=C(c3cnc(-c4ccc(CC(NC(=O)c5ccc(C(C)(C)C)s5)C(=O)N5CC(C(O)O)C5)cc4)nc3)CC2)CC1. The number of hydrogen-bond donors (Lipinski definition) is 3. The van der Waals surface area contributed by atoms with Crippen molar-refractivity contribution in [1.82, 2.24) is 20.2 Å². The van der Waals surface area contributed by atoms with Gasteiger partial charge < -0.3 is 20.4 Å². The molecule has 1 saturated heterocycles. The normalized spacial score (nSPS) is 22.4. The number of thiophene rings is 1. The van der Waals surface area contributed by atoms with E-state index in [1.165, 1.54) is 55.4 Å². The largest absolute Gasteiger partial charge is 0.368 e. The highest BCUT2D eigenvalue weighted by atomic mass is 32.1. The first-order chi connectivity index (χ1) is 23.5. The van der Waals surface area contributed by atoms with Gasteiger partial charge in [-0.05, 0) is 78.5 Å². The summed E-state index contributed by atoms with van der Waals surface area (Å²) in [6.45, 7) is 9.15. The zero-order chi connectivity index (χ0) is 34.7. The third-order valence-corrected chi connectivity index (χ3v) is 12.6. The third-order valence-electron chi connectivity index (χ3n) is 11.1. The van der Waals surface area contributed by atoms with Crippen molar-refractivity contribution in [1.29, 1.82) is 0 Å². The van der Waals surface area contributed by atoms with Gasteiger partial charge in [0.15, 0.2) is 12.1 Å². The second-order valence-electron chi connectivity index (χ2n) is 15.5. The maximum Gasteiger partial charge on any atom is 0.262 e. The number of benzene rings is 1. The van der Waals surface area contributed by atoms with Crippen LogP contribution < -0.4 is 5.32 Å². The van der Waals surface area contributed by atoms with E-state index in [4.69, 9.17) is 9.97 Å². The predicted molar refractivity (Wildman–Crippen MR) is 195 cm³/mol. The number of amides is 2. The van der Waals surface area contributed by atoms with E-state index in [1.54, 1.807) is 4.90 Å². The number of nitrogens with zero attached hydrogens (tertiary/aromatic N) is 3. The van der Waals surface area contributed by atoms with Gasteiger partial charge in [-0.3, -0.25) is 9.59 Å². The van der Waals surface area contributed by atoms with Crippen LogP contribution in [-0.2, 0) is 16.6 Å². The summed E-state index contributed by atoms with van der Waals surface area (Å²) in [4.78, 5) is 39.5. The number of carbonyl (C=O) groups excluding carboxylic acids is 2. The fourth-order valence-electron chi connectivity index (χ4n) is 7.68. The Morgan fingerprint density at radius 3 is 2.20 bits per heavy atom. The number of rotatable bonds is 10. The van der Waals surface area contributed by atoms with Crippen molar-refractivity contribution >= 4 is 28.7 Å². The zero-order valence-corrected chi connectivity index (χ0v) is 30.2. The molecule has 262 valence electrons. The summed E-state index contributed by atoms with van der Waals surface area (Å²) in [6.07, 6.45) is 15.6. The highest BCUT2D eigenvalue weighted by Crippen LogP contribution is 2.41. The Balaban J connectivity index is 1.09. The fraction of sp³-hybridized carbons (Fsp3) is 0.550. The summed E-state index contributed by atoms with van der Waals surface area (Å²) in [6, 6.07) is 10.8. The first-order valence-electron chi connectivity index (χ1n) is 18.1. The number of hydrogen-bond acceptors (Lipinski definition) is 7. The zero-order valence-electron chi connectivity index (χ0n) is 29.4. The molecule has 1 aromatic carbocycles. The maximum atomic E-state index is 13.5. The third kappa shape index (κ3) is 8.50. The molecule has 3 aliphatic rings. The van der Waals surface area contributed by atoms with E-state index in [2.05, 4.69) is 39.1 Å². The minimum atomic E-state index is -1.46. The van der Waals surface area contributed by atoms with Gasteiger partial charge in [-0.2, -0.15) is 0 Å². The molecule has 1 saturated carbocycles. The average molecular weight is 685 g/mol. The van der Waals surface area contributed by atoms with Gasteiger partial charge in [-0.25, -0.2) is 9.97 Å². The minimum Gasteiger partial charge on any atom is -0.368 e. The molecule has 0 radical (unpaired) electrons. The first kappa shape index (κ1) is 35.4. The van der Waals surface area contributed by atoms with E-state index < -0.39 is 12.3 Å². The molecular formula is C40H52N4O4S. The van der Waals surface area contributed by atoms with E-state index in [0.29, 0.717) is 17.1 Å². The van der Waals surface area contributed by atoms with Crippen LogP contribution in [0.2, 0.25) is 0 Å². The molecule has 3 aromatic rings. The second kappa shape index (κ2) is 15.2. The van der Waals surface area contributed by atoms with Crippen molar-refractivity contribution in [3.63, 3.8) is 0 Å². The molecular weight excluding hydrogens is 633 g/mol. The van der Waals surface area contributed by atoms with Crippen molar-refractivity contribution in [2.24, 2.45) is 23.7 Å². The molecule has 1 aliphatic heterocycles. The van der Waals surface area contributed by atoms with Crippen LogP contribution in [0.15, 0.2) is 54.9 Å². The van der Waals surface area contributed by atoms with Gasteiger partial charge in [0.2, 0.25) is 5.91 Å². The van der Waals surface area contributed by atoms with Crippen molar-refractivity contribution in [2.75, 3.05) is 13.1 Å². The molecule has 2 aliphatic carbocycles. The minimum absolute atomic E-state index is 0.0777. The summed E-state index contributed by atoms with van der Waals surface area (Å²) in [5.41, 5.74) is 4.17. The number of nitrogens with one attached hydrogen (secondary N) is 1. The number of carbonyl (C=O) groups is 2. The van der Waals surface area contributed by atoms with Crippen LogP contribution in [0.3, 0.4) is 0 Å². The average Bonchev–Trinajstić information content (AvgIpc) is 3.60. The maximum absolute atomic E-state index is 13.5. The van der Waals surface area contributed by atoms with E-state index in [-0.39, 0.29) is 36.2 Å². The highest BCUT2D eigenvalue weighted by Gasteiger charge is 2.38. The summed E-state index contributed by atoms with van der Waals surface area (Å²) >= 11 is 1.44. The van der Waals surface area contributed by atoms with Gasteiger partial charge >= 0.3 is 0 Å². The van der Waals surface area contributed by atoms with Crippen LogP contribution in [0.1, 0.15) is 105 Å². The molecule has 2 fully saturated rings. The van der Waals surface area contributed by atoms with Gasteiger partial charge in [0.05, 0.1) is 4.88 Å². The molecule has 49 heavy (non-hydrogen) atoms. The highest BCUT2D eigenvalue weighted by molar-refractivity contribution is 7.14. The lowest BCUT2D eigenvalue weighted by molar-refractivity contribution is -0.157. The van der Waals surface area contributed by atoms with Crippen LogP contribution in [0, 0.1) is 23.7 Å². The first-order valence-corrected chi connectivity index (χ1v) is 19.0. The van der Waals surface area contributed by atoms with Crippen LogP contribution in [0.25, 0.3) is 17.0 Å². The van der Waals surface area contributed by atoms with Crippen LogP contribution in [-0.4, -0.2) is 62.3 Å². The number of aromatic nitrogens is 2. The Labute approximate surface area is 295 Å². The molecule has 6 rings (SSSR count). The lowest BCUT2D eigenvalue weighted by atomic mass is 9.71. The standard InChI is InChI=1S/C40H52N4O4S/c1-5-25-6-10-27(11-7-25)28-14-16-29(17-15-28)31-21-41-36(42-22-31)30-12-8-26(9-13-30)20-33(38(46)44-23-32(24-44)39(47)48)43-37(45)34-18-19-35(49-34)40(2,3)4/h8-9,12-13,16,18-19,21-22,25,27-28,32-33,39,47-48H,5-7,10-11,14-15,17,20,23-24H2,1-4H3,(H,43,45). The lowest BCUT2D eigenvalue weighted by Crippen LogP contribution is -2.59. The number of allylic oxidation sites excluding steroid dienone is 2. The molecule has 2 atom stereocenters. The summed E-state index contributed by atoms with van der Waals surface area (Å²) < 4.78 is 0. The van der Waals surface area contributed by atoms with E-state index in [0.717, 1.165) is 52.2 Å². The smallest absolute Gasteiger partial charge is 0.262 e. The van der Waals surface area contributed by atoms with Crippen molar-refractivity contribution in [3.8, 4) is 11.4 Å². The molecule has 3 N–H and O–H groups in total. The van der Waals surface area contributed by atoms with Gasteiger partial charge in [-0.1, -0.05) is 77.3 Å². The Kier molecular flexibility index (Phi) is 11.0. The van der Waals surface area contributed by atoms with Crippen LogP contribution in [0.4, 0.5) is 0 Å². The molecule has 2 aromatic heterocycles. The van der Waals surface area contributed by atoms with E-state index in [9.17, 15) is 19.8 Å². The fourth-order valence-corrected chi connectivity index (χ4v) is 8.64. The van der Waals surface area contributed by atoms with Gasteiger partial charge in [0.1, 0.15) is 6.04 Å². The molecule has 8 nitrogen and oxygen atoms in total. The van der Waals surface area contributed by atoms with Crippen molar-refractivity contribution < 1.29 is 19.8 Å². The Morgan fingerprint density at radius 1 is 0.939 bits per heavy atom. The summed E-state index contributed by atoms with van der Waals surface area (Å²) in [5, 5.41) is 22.0. The quantitative estimate of drug-likeness (QED) is 0.198. The Bertz CT molecular complexity index is 1610. The molecule has 0 bridgehead atoms. The number of aliphatic hydroxyl groups excluding tert-OH is 1. The monoisotopic (exact) mass is 684 g/mol. The summed E-state index contributed by atoms with van der Waals surface area (Å²) in [5.74, 6) is 2.41. The molecule has 9 heteroatoms. The number of likely N-dealkylation sites (tertiary alicyclic amines) is 1. The van der Waals surface area contributed by atoms with Gasteiger partial charge in [-0.15, -0.1) is 11.3 Å². The molecule has 2 unspecified atom stereocenters. The lowest BCUT2D eigenvalue weighted by Gasteiger charge is -2.41. The predicted octanol–water partition coefficient (Wildman–Crippen LogP) is 7.01. The summed E-state index contributed by atoms with van der Waals surface area (Å²) in [7, 11) is 0. The van der Waals surface area contributed by atoms with Crippen molar-refractivity contribution in [2.45, 2.75) is 103 Å². The Hall–Kier alpha value is -3.40. The second-order valence-corrected chi connectivity index (χ2v) is 16.6.